The molecule has 5 heteroatoms. The SMILES string of the molecule is COc1ccc(C2OCCC(CCO[SiH](C)C)O2)cc1. The van der Waals surface area contributed by atoms with Gasteiger partial charge in [-0.1, -0.05) is 12.1 Å². The zero-order chi connectivity index (χ0) is 14.4. The molecule has 2 atom stereocenters. The molecule has 1 aliphatic rings. The van der Waals surface area contributed by atoms with Crippen LogP contribution in [0.3, 0.4) is 0 Å². The smallest absolute Gasteiger partial charge is 0.184 e. The first-order chi connectivity index (χ1) is 9.69. The van der Waals surface area contributed by atoms with Crippen LogP contribution >= 0.6 is 0 Å². The van der Waals surface area contributed by atoms with Crippen molar-refractivity contribution >= 4 is 9.04 Å². The first-order valence-corrected chi connectivity index (χ1v) is 9.99. The van der Waals surface area contributed by atoms with E-state index in [0.717, 1.165) is 37.4 Å². The molecule has 1 saturated heterocycles. The van der Waals surface area contributed by atoms with Crippen molar-refractivity contribution in [1.82, 2.24) is 0 Å². The van der Waals surface area contributed by atoms with Crippen LogP contribution in [0.15, 0.2) is 24.3 Å². The molecule has 1 aromatic carbocycles. The highest BCUT2D eigenvalue weighted by Crippen LogP contribution is 2.28. The Morgan fingerprint density at radius 2 is 2.00 bits per heavy atom. The summed E-state index contributed by atoms with van der Waals surface area (Å²) in [5, 5.41) is 0. The van der Waals surface area contributed by atoms with Gasteiger partial charge < -0.3 is 18.6 Å². The largest absolute Gasteiger partial charge is 0.497 e. The molecule has 1 fully saturated rings. The third-order valence-corrected chi connectivity index (χ3v) is 4.21. The maximum atomic E-state index is 6.00. The molecular formula is C15H24O4Si. The van der Waals surface area contributed by atoms with Crippen LogP contribution in [0.5, 0.6) is 5.75 Å². The van der Waals surface area contributed by atoms with E-state index in [9.17, 15) is 0 Å². The van der Waals surface area contributed by atoms with E-state index in [4.69, 9.17) is 18.6 Å². The lowest BCUT2D eigenvalue weighted by Gasteiger charge is -2.30. The normalized spacial score (nSPS) is 23.0. The van der Waals surface area contributed by atoms with Crippen molar-refractivity contribution in [3.8, 4) is 5.75 Å². The van der Waals surface area contributed by atoms with Gasteiger partial charge in [-0.05, 0) is 38.1 Å². The Kier molecular flexibility index (Phi) is 6.03. The molecule has 1 aliphatic heterocycles. The van der Waals surface area contributed by atoms with Gasteiger partial charge in [0.1, 0.15) is 5.75 Å². The van der Waals surface area contributed by atoms with E-state index in [1.54, 1.807) is 7.11 Å². The van der Waals surface area contributed by atoms with Crippen molar-refractivity contribution in [1.29, 1.82) is 0 Å². The number of hydrogen-bond donors (Lipinski definition) is 0. The van der Waals surface area contributed by atoms with Gasteiger partial charge in [0.05, 0.1) is 19.8 Å². The van der Waals surface area contributed by atoms with E-state index >= 15 is 0 Å². The Hall–Kier alpha value is -0.883. The fourth-order valence-electron chi connectivity index (χ4n) is 2.17. The molecule has 0 saturated carbocycles. The molecule has 112 valence electrons. The lowest BCUT2D eigenvalue weighted by Crippen LogP contribution is -2.28. The molecule has 0 aliphatic carbocycles. The molecule has 2 unspecified atom stereocenters. The standard InChI is InChI=1S/C15H24O4Si/c1-16-13-6-4-12(5-7-13)15-17-10-8-14(19-15)9-11-18-20(2)3/h4-7,14-15,20H,8-11H2,1-3H3. The van der Waals surface area contributed by atoms with Gasteiger partial charge in [0.25, 0.3) is 0 Å². The Labute approximate surface area is 122 Å². The van der Waals surface area contributed by atoms with Crippen LogP contribution in [0.2, 0.25) is 13.1 Å². The Balaban J connectivity index is 1.85. The lowest BCUT2D eigenvalue weighted by molar-refractivity contribution is -0.219. The molecule has 0 radical (unpaired) electrons. The van der Waals surface area contributed by atoms with Crippen molar-refractivity contribution < 1.29 is 18.6 Å². The van der Waals surface area contributed by atoms with E-state index in [1.165, 1.54) is 0 Å². The van der Waals surface area contributed by atoms with Gasteiger partial charge in [-0.2, -0.15) is 0 Å². The lowest BCUT2D eigenvalue weighted by atomic mass is 10.1. The van der Waals surface area contributed by atoms with Crippen molar-refractivity contribution in [3.63, 3.8) is 0 Å². The maximum Gasteiger partial charge on any atom is 0.184 e. The summed E-state index contributed by atoms with van der Waals surface area (Å²) in [6.45, 7) is 5.90. The number of hydrogen-bond acceptors (Lipinski definition) is 4. The van der Waals surface area contributed by atoms with E-state index in [2.05, 4.69) is 13.1 Å². The fourth-order valence-corrected chi connectivity index (χ4v) is 2.78. The van der Waals surface area contributed by atoms with Crippen LogP contribution in [-0.2, 0) is 13.9 Å². The second-order valence-corrected chi connectivity index (χ2v) is 7.66. The monoisotopic (exact) mass is 296 g/mol. The van der Waals surface area contributed by atoms with Crippen LogP contribution < -0.4 is 4.74 Å². The van der Waals surface area contributed by atoms with Crippen LogP contribution in [0.4, 0.5) is 0 Å². The summed E-state index contributed by atoms with van der Waals surface area (Å²) in [5.74, 6) is 0.844. The molecule has 0 amide bonds. The quantitative estimate of drug-likeness (QED) is 0.756. The zero-order valence-electron chi connectivity index (χ0n) is 12.5. The second-order valence-electron chi connectivity index (χ2n) is 5.23. The van der Waals surface area contributed by atoms with Gasteiger partial charge in [0.2, 0.25) is 0 Å². The molecule has 1 heterocycles. The summed E-state index contributed by atoms with van der Waals surface area (Å²) in [5.41, 5.74) is 1.04. The summed E-state index contributed by atoms with van der Waals surface area (Å²) in [6, 6.07) is 7.84. The van der Waals surface area contributed by atoms with Gasteiger partial charge >= 0.3 is 0 Å². The number of rotatable bonds is 6. The maximum absolute atomic E-state index is 6.00. The topological polar surface area (TPSA) is 36.9 Å². The van der Waals surface area contributed by atoms with Gasteiger partial charge in [0.15, 0.2) is 15.3 Å². The van der Waals surface area contributed by atoms with Crippen molar-refractivity contribution in [2.24, 2.45) is 0 Å². The number of methoxy groups -OCH3 is 1. The van der Waals surface area contributed by atoms with Crippen LogP contribution in [0.25, 0.3) is 0 Å². The summed E-state index contributed by atoms with van der Waals surface area (Å²) in [4.78, 5) is 0. The zero-order valence-corrected chi connectivity index (χ0v) is 13.7. The van der Waals surface area contributed by atoms with Gasteiger partial charge in [-0.3, -0.25) is 0 Å². The predicted molar refractivity (Wildman–Crippen MR) is 80.6 cm³/mol. The van der Waals surface area contributed by atoms with Crippen molar-refractivity contribution in [2.45, 2.75) is 38.3 Å². The predicted octanol–water partition coefficient (Wildman–Crippen LogP) is 2.89. The molecular weight excluding hydrogens is 272 g/mol. The number of ether oxygens (including phenoxy) is 3. The van der Waals surface area contributed by atoms with E-state index in [-0.39, 0.29) is 12.4 Å². The molecule has 0 spiro atoms. The third kappa shape index (κ3) is 4.59. The van der Waals surface area contributed by atoms with Crippen molar-refractivity contribution in [3.05, 3.63) is 29.8 Å². The molecule has 0 N–H and O–H groups in total. The average molecular weight is 296 g/mol. The minimum atomic E-state index is -0.928. The Morgan fingerprint density at radius 3 is 2.65 bits per heavy atom. The molecule has 2 rings (SSSR count). The molecule has 0 aromatic heterocycles. The molecule has 4 nitrogen and oxygen atoms in total. The minimum absolute atomic E-state index is 0.226. The molecule has 1 aromatic rings. The Morgan fingerprint density at radius 1 is 1.25 bits per heavy atom. The molecule has 20 heavy (non-hydrogen) atoms. The minimum Gasteiger partial charge on any atom is -0.497 e. The highest BCUT2D eigenvalue weighted by atomic mass is 28.3. The average Bonchev–Trinajstić information content (AvgIpc) is 2.47. The van der Waals surface area contributed by atoms with E-state index in [1.807, 2.05) is 24.3 Å². The first-order valence-electron chi connectivity index (χ1n) is 7.21. The highest BCUT2D eigenvalue weighted by Gasteiger charge is 2.24. The number of benzene rings is 1. The second kappa shape index (κ2) is 7.78. The van der Waals surface area contributed by atoms with Crippen molar-refractivity contribution in [2.75, 3.05) is 20.3 Å². The van der Waals surface area contributed by atoms with Gasteiger partial charge in [-0.15, -0.1) is 0 Å². The van der Waals surface area contributed by atoms with Crippen LogP contribution in [-0.4, -0.2) is 35.5 Å². The summed E-state index contributed by atoms with van der Waals surface area (Å²) in [7, 11) is 0.736. The van der Waals surface area contributed by atoms with Gasteiger partial charge in [-0.25, -0.2) is 0 Å². The van der Waals surface area contributed by atoms with Crippen LogP contribution in [0, 0.1) is 0 Å². The summed E-state index contributed by atoms with van der Waals surface area (Å²) in [6.07, 6.45) is 1.84. The van der Waals surface area contributed by atoms with Gasteiger partial charge in [0, 0.05) is 12.2 Å². The molecule has 0 bridgehead atoms. The third-order valence-electron chi connectivity index (χ3n) is 3.30. The summed E-state index contributed by atoms with van der Waals surface area (Å²) < 4.78 is 22.6. The van der Waals surface area contributed by atoms with E-state index < -0.39 is 9.04 Å². The van der Waals surface area contributed by atoms with E-state index in [0.29, 0.717) is 0 Å². The van der Waals surface area contributed by atoms with Crippen LogP contribution in [0.1, 0.15) is 24.7 Å². The Bertz CT molecular complexity index is 393. The fraction of sp³-hybridized carbons (Fsp3) is 0.600. The first kappa shape index (κ1) is 15.5. The highest BCUT2D eigenvalue weighted by molar-refractivity contribution is 6.48. The summed E-state index contributed by atoms with van der Waals surface area (Å²) >= 11 is 0.